The molecule has 0 saturated carbocycles. The summed E-state index contributed by atoms with van der Waals surface area (Å²) in [6.45, 7) is 7.92. The summed E-state index contributed by atoms with van der Waals surface area (Å²) < 4.78 is 23.3. The van der Waals surface area contributed by atoms with Crippen molar-refractivity contribution in [3.8, 4) is 11.5 Å². The Labute approximate surface area is 251 Å². The molecule has 0 aromatic heterocycles. The molecule has 3 aromatic carbocycles. The lowest BCUT2D eigenvalue weighted by Crippen LogP contribution is -2.48. The number of aryl methyl sites for hydroxylation is 1. The van der Waals surface area contributed by atoms with Crippen LogP contribution in [0.15, 0.2) is 79.4 Å². The van der Waals surface area contributed by atoms with E-state index >= 15 is 0 Å². The minimum Gasteiger partial charge on any atom is -0.491 e. The lowest BCUT2D eigenvalue weighted by Gasteiger charge is -2.36. The van der Waals surface area contributed by atoms with Crippen LogP contribution in [0.4, 0.5) is 5.69 Å². The second-order valence-corrected chi connectivity index (χ2v) is 10.9. The summed E-state index contributed by atoms with van der Waals surface area (Å²) in [4.78, 5) is 17.1. The number of rotatable bonds is 11. The molecule has 2 heterocycles. The normalized spacial score (nSPS) is 18.8. The number of hydrogen-bond donors (Lipinski definition) is 0. The lowest BCUT2D eigenvalue weighted by atomic mass is 10.1. The van der Waals surface area contributed by atoms with Crippen molar-refractivity contribution < 1.29 is 23.7 Å². The molecule has 2 aliphatic heterocycles. The number of carbonyl (C=O) groups excluding carboxylic acids is 1. The van der Waals surface area contributed by atoms with E-state index in [2.05, 4.69) is 23.6 Å². The van der Waals surface area contributed by atoms with Crippen molar-refractivity contribution in [2.75, 3.05) is 50.9 Å². The highest BCUT2D eigenvalue weighted by atomic mass is 35.5. The van der Waals surface area contributed by atoms with Gasteiger partial charge in [0.15, 0.2) is 6.29 Å². The number of anilines is 1. The van der Waals surface area contributed by atoms with Crippen molar-refractivity contribution in [1.82, 2.24) is 4.90 Å². The Hall–Kier alpha value is -3.23. The van der Waals surface area contributed by atoms with Gasteiger partial charge in [-0.05, 0) is 60.5 Å². The SMILES string of the molecule is C=CCOc1cccc(CCC(=O)N2CCN(c3ccc(OCC4COC(c5ccc(Cl)cc5Cl)O4)cc3)CC2)c1. The molecule has 41 heavy (non-hydrogen) atoms. The van der Waals surface area contributed by atoms with Crippen LogP contribution in [-0.2, 0) is 20.7 Å². The van der Waals surface area contributed by atoms with Gasteiger partial charge in [0.2, 0.25) is 5.91 Å². The van der Waals surface area contributed by atoms with E-state index in [4.69, 9.17) is 42.1 Å². The van der Waals surface area contributed by atoms with E-state index in [0.717, 1.165) is 41.4 Å². The minimum atomic E-state index is -0.533. The molecular weight excluding hydrogens is 563 g/mol. The quantitative estimate of drug-likeness (QED) is 0.241. The highest BCUT2D eigenvalue weighted by Gasteiger charge is 2.29. The van der Waals surface area contributed by atoms with Gasteiger partial charge in [0.05, 0.1) is 11.6 Å². The van der Waals surface area contributed by atoms with Crippen molar-refractivity contribution in [3.05, 3.63) is 101 Å². The van der Waals surface area contributed by atoms with Gasteiger partial charge in [-0.15, -0.1) is 0 Å². The van der Waals surface area contributed by atoms with Crippen LogP contribution in [0.5, 0.6) is 11.5 Å². The predicted octanol–water partition coefficient (Wildman–Crippen LogP) is 6.33. The van der Waals surface area contributed by atoms with E-state index in [1.807, 2.05) is 47.4 Å². The standard InChI is InChI=1S/C32H34Cl2N2O5/c1-2-18-38-27-5-3-4-23(19-27)6-13-31(37)36-16-14-35(15-17-36)25-8-10-26(11-9-25)39-21-28-22-40-32(41-28)29-12-7-24(33)20-30(29)34/h2-5,7-12,19-20,28,32H,1,6,13-18,21-22H2. The zero-order valence-corrected chi connectivity index (χ0v) is 24.4. The smallest absolute Gasteiger partial charge is 0.223 e. The highest BCUT2D eigenvalue weighted by Crippen LogP contribution is 2.33. The zero-order valence-electron chi connectivity index (χ0n) is 22.8. The van der Waals surface area contributed by atoms with E-state index in [-0.39, 0.29) is 12.0 Å². The average Bonchev–Trinajstić information content (AvgIpc) is 3.47. The Morgan fingerprint density at radius 2 is 1.78 bits per heavy atom. The van der Waals surface area contributed by atoms with Crippen LogP contribution >= 0.6 is 23.2 Å². The maximum atomic E-state index is 12.8. The van der Waals surface area contributed by atoms with Gasteiger partial charge in [-0.2, -0.15) is 0 Å². The van der Waals surface area contributed by atoms with Gasteiger partial charge < -0.3 is 28.7 Å². The number of benzene rings is 3. The molecule has 9 heteroatoms. The number of amides is 1. The number of nitrogens with zero attached hydrogens (tertiary/aromatic N) is 2. The first kappa shape index (κ1) is 29.3. The largest absolute Gasteiger partial charge is 0.491 e. The fraction of sp³-hybridized carbons (Fsp3) is 0.344. The molecule has 216 valence electrons. The molecule has 7 nitrogen and oxygen atoms in total. The minimum absolute atomic E-state index is 0.185. The monoisotopic (exact) mass is 596 g/mol. The molecule has 2 atom stereocenters. The van der Waals surface area contributed by atoms with Gasteiger partial charge in [-0.25, -0.2) is 0 Å². The maximum absolute atomic E-state index is 12.8. The Balaban J connectivity index is 1.03. The first-order chi connectivity index (χ1) is 20.0. The third-order valence-corrected chi connectivity index (χ3v) is 7.69. The topological polar surface area (TPSA) is 60.5 Å². The Kier molecular flexibility index (Phi) is 10.1. The predicted molar refractivity (Wildman–Crippen MR) is 161 cm³/mol. The van der Waals surface area contributed by atoms with Gasteiger partial charge in [0.25, 0.3) is 0 Å². The molecule has 2 aliphatic rings. The second-order valence-electron chi connectivity index (χ2n) is 10.0. The average molecular weight is 598 g/mol. The Morgan fingerprint density at radius 1 is 0.976 bits per heavy atom. The molecule has 0 radical (unpaired) electrons. The summed E-state index contributed by atoms with van der Waals surface area (Å²) in [6.07, 6.45) is 2.16. The molecule has 3 aromatic rings. The van der Waals surface area contributed by atoms with E-state index < -0.39 is 6.29 Å². The highest BCUT2D eigenvalue weighted by molar-refractivity contribution is 6.35. The lowest BCUT2D eigenvalue weighted by molar-refractivity contribution is -0.131. The first-order valence-electron chi connectivity index (χ1n) is 13.8. The van der Waals surface area contributed by atoms with E-state index in [1.54, 1.807) is 18.2 Å². The molecular formula is C32H34Cl2N2O5. The molecule has 2 saturated heterocycles. The summed E-state index contributed by atoms with van der Waals surface area (Å²) in [5.74, 6) is 1.75. The van der Waals surface area contributed by atoms with E-state index in [0.29, 0.717) is 55.8 Å². The number of ether oxygens (including phenoxy) is 4. The third-order valence-electron chi connectivity index (χ3n) is 7.13. The van der Waals surface area contributed by atoms with Crippen LogP contribution in [-0.4, -0.2) is 62.9 Å². The summed E-state index contributed by atoms with van der Waals surface area (Å²) in [7, 11) is 0. The fourth-order valence-corrected chi connectivity index (χ4v) is 5.40. The molecule has 2 fully saturated rings. The van der Waals surface area contributed by atoms with Crippen LogP contribution in [0.1, 0.15) is 23.8 Å². The van der Waals surface area contributed by atoms with Crippen molar-refractivity contribution >= 4 is 34.8 Å². The zero-order chi connectivity index (χ0) is 28.6. The van der Waals surface area contributed by atoms with Crippen molar-refractivity contribution in [3.63, 3.8) is 0 Å². The van der Waals surface area contributed by atoms with Crippen LogP contribution in [0.25, 0.3) is 0 Å². The summed E-state index contributed by atoms with van der Waals surface area (Å²) in [6, 6.07) is 21.2. The molecule has 5 rings (SSSR count). The third kappa shape index (κ3) is 7.95. The number of hydrogen-bond acceptors (Lipinski definition) is 6. The van der Waals surface area contributed by atoms with E-state index in [1.165, 1.54) is 0 Å². The van der Waals surface area contributed by atoms with Crippen LogP contribution in [0, 0.1) is 0 Å². The van der Waals surface area contributed by atoms with Gasteiger partial charge >= 0.3 is 0 Å². The van der Waals surface area contributed by atoms with Crippen LogP contribution in [0.3, 0.4) is 0 Å². The Morgan fingerprint density at radius 3 is 2.54 bits per heavy atom. The molecule has 0 aliphatic carbocycles. The van der Waals surface area contributed by atoms with Gasteiger partial charge in [0.1, 0.15) is 30.8 Å². The summed E-state index contributed by atoms with van der Waals surface area (Å²) in [5.41, 5.74) is 2.96. The van der Waals surface area contributed by atoms with Crippen LogP contribution < -0.4 is 14.4 Å². The molecule has 0 N–H and O–H groups in total. The maximum Gasteiger partial charge on any atom is 0.223 e. The summed E-state index contributed by atoms with van der Waals surface area (Å²) in [5, 5.41) is 1.08. The number of halogens is 2. The fourth-order valence-electron chi connectivity index (χ4n) is 4.90. The molecule has 1 amide bonds. The Bertz CT molecular complexity index is 1330. The number of carbonyl (C=O) groups is 1. The van der Waals surface area contributed by atoms with Crippen molar-refractivity contribution in [1.29, 1.82) is 0 Å². The molecule has 2 unspecified atom stereocenters. The number of piperazine rings is 1. The van der Waals surface area contributed by atoms with Gasteiger partial charge in [-0.3, -0.25) is 4.79 Å². The molecule has 0 bridgehead atoms. The van der Waals surface area contributed by atoms with Gasteiger partial charge in [0, 0.05) is 48.9 Å². The van der Waals surface area contributed by atoms with Crippen molar-refractivity contribution in [2.24, 2.45) is 0 Å². The molecule has 0 spiro atoms. The van der Waals surface area contributed by atoms with E-state index in [9.17, 15) is 4.79 Å². The van der Waals surface area contributed by atoms with Crippen molar-refractivity contribution in [2.45, 2.75) is 25.2 Å². The van der Waals surface area contributed by atoms with Crippen LogP contribution in [0.2, 0.25) is 10.0 Å². The second kappa shape index (κ2) is 14.1. The first-order valence-corrected chi connectivity index (χ1v) is 14.5. The van der Waals surface area contributed by atoms with Gasteiger partial charge in [-0.1, -0.05) is 54.1 Å². The summed E-state index contributed by atoms with van der Waals surface area (Å²) >= 11 is 12.3.